The van der Waals surface area contributed by atoms with Crippen molar-refractivity contribution >= 4 is 19.4 Å². The highest BCUT2D eigenvalue weighted by atomic mass is 28.3. The van der Waals surface area contributed by atoms with Crippen molar-refractivity contribution in [1.82, 2.24) is 0 Å². The van der Waals surface area contributed by atoms with Gasteiger partial charge in [-0.15, -0.1) is 5.73 Å². The fraction of sp³-hybridized carbons (Fsp3) is 0.375. The highest BCUT2D eigenvalue weighted by Gasteiger charge is 2.18. The van der Waals surface area contributed by atoms with E-state index in [2.05, 4.69) is 53.5 Å². The van der Waals surface area contributed by atoms with E-state index in [1.807, 2.05) is 12.1 Å². The Morgan fingerprint density at radius 2 is 1.95 bits per heavy atom. The van der Waals surface area contributed by atoms with Crippen LogP contribution in [0, 0.1) is 0 Å². The van der Waals surface area contributed by atoms with E-state index in [9.17, 15) is 4.79 Å². The summed E-state index contributed by atoms with van der Waals surface area (Å²) < 4.78 is 9.53. The molecule has 0 amide bonds. The predicted molar refractivity (Wildman–Crippen MR) is 83.8 cm³/mol. The van der Waals surface area contributed by atoms with E-state index in [0.717, 1.165) is 0 Å². The minimum atomic E-state index is -1.57. The number of benzene rings is 1. The zero-order valence-electron chi connectivity index (χ0n) is 12.4. The van der Waals surface area contributed by atoms with Gasteiger partial charge >= 0.3 is 6.16 Å². The summed E-state index contributed by atoms with van der Waals surface area (Å²) in [6, 6.07) is 10.5. The maximum absolute atomic E-state index is 10.9. The molecule has 1 aromatic rings. The first-order chi connectivity index (χ1) is 9.56. The van der Waals surface area contributed by atoms with E-state index in [0.29, 0.717) is 19.6 Å². The van der Waals surface area contributed by atoms with Crippen molar-refractivity contribution in [3.05, 3.63) is 47.8 Å². The van der Waals surface area contributed by atoms with Gasteiger partial charge in [-0.05, 0) is 18.7 Å². The van der Waals surface area contributed by atoms with Crippen molar-refractivity contribution in [2.24, 2.45) is 0 Å². The molecule has 20 heavy (non-hydrogen) atoms. The summed E-state index contributed by atoms with van der Waals surface area (Å²) in [5.74, 6) is 0. The summed E-state index contributed by atoms with van der Waals surface area (Å²) in [6.45, 7) is 6.97. The van der Waals surface area contributed by atoms with E-state index < -0.39 is 14.2 Å². The molecule has 0 saturated carbocycles. The van der Waals surface area contributed by atoms with Gasteiger partial charge in [0, 0.05) is 6.42 Å². The van der Waals surface area contributed by atoms with Crippen LogP contribution in [0.25, 0.3) is 0 Å². The molecule has 0 atom stereocenters. The summed E-state index contributed by atoms with van der Waals surface area (Å²) in [4.78, 5) is 10.9. The van der Waals surface area contributed by atoms with Crippen LogP contribution in [-0.4, -0.2) is 27.4 Å². The molecule has 3 nitrogen and oxygen atoms in total. The zero-order chi connectivity index (χ0) is 14.8. The van der Waals surface area contributed by atoms with Gasteiger partial charge in [0.25, 0.3) is 0 Å². The molecule has 0 radical (unpaired) electrons. The zero-order valence-corrected chi connectivity index (χ0v) is 13.4. The molecule has 0 unspecified atom stereocenters. The molecule has 0 aliphatic heterocycles. The van der Waals surface area contributed by atoms with Gasteiger partial charge < -0.3 is 9.47 Å². The molecule has 4 heteroatoms. The SMILES string of the molecule is CCOC(=O)OCCC=C=C[Si](C)(C)c1ccccc1. The van der Waals surface area contributed by atoms with Gasteiger partial charge in [0.1, 0.15) is 8.07 Å². The maximum Gasteiger partial charge on any atom is 0.508 e. The first-order valence-electron chi connectivity index (χ1n) is 6.83. The number of rotatable bonds is 6. The van der Waals surface area contributed by atoms with Gasteiger partial charge in [-0.3, -0.25) is 0 Å². The van der Waals surface area contributed by atoms with Crippen LogP contribution < -0.4 is 5.19 Å². The topological polar surface area (TPSA) is 35.5 Å². The van der Waals surface area contributed by atoms with Gasteiger partial charge in [-0.2, -0.15) is 0 Å². The number of hydrogen-bond acceptors (Lipinski definition) is 3. The standard InChI is InChI=1S/C16H22O3Si/c1-4-18-16(17)19-13-9-6-10-14-20(2,3)15-11-7-5-8-12-15/h5-8,11-12,14H,4,9,13H2,1-3H3. The Morgan fingerprint density at radius 3 is 2.60 bits per heavy atom. The van der Waals surface area contributed by atoms with Crippen LogP contribution in [0.4, 0.5) is 4.79 Å². The van der Waals surface area contributed by atoms with Crippen LogP contribution in [0.2, 0.25) is 13.1 Å². The molecule has 0 spiro atoms. The summed E-state index contributed by atoms with van der Waals surface area (Å²) in [5, 5.41) is 1.38. The van der Waals surface area contributed by atoms with Crippen molar-refractivity contribution in [2.75, 3.05) is 13.2 Å². The van der Waals surface area contributed by atoms with Crippen LogP contribution in [-0.2, 0) is 9.47 Å². The van der Waals surface area contributed by atoms with E-state index in [4.69, 9.17) is 4.74 Å². The number of ether oxygens (including phenoxy) is 2. The fourth-order valence-electron chi connectivity index (χ4n) is 1.66. The van der Waals surface area contributed by atoms with Crippen molar-refractivity contribution in [3.63, 3.8) is 0 Å². The largest absolute Gasteiger partial charge is 0.508 e. The third-order valence-corrected chi connectivity index (χ3v) is 5.53. The lowest BCUT2D eigenvalue weighted by molar-refractivity contribution is 0.0604. The summed E-state index contributed by atoms with van der Waals surface area (Å²) in [6.07, 6.45) is 1.94. The molecule has 0 aromatic heterocycles. The highest BCUT2D eigenvalue weighted by Crippen LogP contribution is 2.04. The quantitative estimate of drug-likeness (QED) is 0.348. The Labute approximate surface area is 121 Å². The normalized spacial score (nSPS) is 10.3. The molecule has 0 heterocycles. The minimum absolute atomic E-state index is 0.326. The third-order valence-electron chi connectivity index (χ3n) is 2.82. The van der Waals surface area contributed by atoms with Crippen LogP contribution in [0.5, 0.6) is 0 Å². The second-order valence-corrected chi connectivity index (χ2v) is 9.23. The minimum Gasteiger partial charge on any atom is -0.435 e. The molecule has 0 bridgehead atoms. The van der Waals surface area contributed by atoms with Crippen molar-refractivity contribution < 1.29 is 14.3 Å². The average molecular weight is 290 g/mol. The average Bonchev–Trinajstić information content (AvgIpc) is 2.44. The molecule has 0 aliphatic carbocycles. The summed E-state index contributed by atoms with van der Waals surface area (Å²) in [7, 11) is -1.57. The van der Waals surface area contributed by atoms with Gasteiger partial charge in [-0.25, -0.2) is 4.79 Å². The molecule has 1 aromatic carbocycles. The van der Waals surface area contributed by atoms with Gasteiger partial charge in [0.2, 0.25) is 0 Å². The van der Waals surface area contributed by atoms with Crippen LogP contribution in [0.1, 0.15) is 13.3 Å². The first-order valence-corrected chi connectivity index (χ1v) is 9.91. The highest BCUT2D eigenvalue weighted by molar-refractivity contribution is 6.93. The molecular formula is C16H22O3Si. The Hall–Kier alpha value is -1.77. The Bertz CT molecular complexity index is 474. The lowest BCUT2D eigenvalue weighted by Crippen LogP contribution is -2.39. The second-order valence-electron chi connectivity index (χ2n) is 4.92. The molecule has 0 N–H and O–H groups in total. The van der Waals surface area contributed by atoms with Crippen LogP contribution >= 0.6 is 0 Å². The van der Waals surface area contributed by atoms with Crippen LogP contribution in [0.15, 0.2) is 47.8 Å². The first kappa shape index (κ1) is 16.3. The lowest BCUT2D eigenvalue weighted by Gasteiger charge is -2.16. The van der Waals surface area contributed by atoms with Gasteiger partial charge in [0.05, 0.1) is 13.2 Å². The van der Waals surface area contributed by atoms with Crippen molar-refractivity contribution in [3.8, 4) is 0 Å². The fourth-order valence-corrected chi connectivity index (χ4v) is 3.42. The van der Waals surface area contributed by atoms with Crippen LogP contribution in [0.3, 0.4) is 0 Å². The Morgan fingerprint density at radius 1 is 1.25 bits per heavy atom. The Kier molecular flexibility index (Phi) is 6.84. The van der Waals surface area contributed by atoms with Gasteiger partial charge in [-0.1, -0.05) is 48.6 Å². The molecule has 0 fully saturated rings. The number of hydrogen-bond donors (Lipinski definition) is 0. The van der Waals surface area contributed by atoms with Gasteiger partial charge in [0.15, 0.2) is 0 Å². The third kappa shape index (κ3) is 5.91. The van der Waals surface area contributed by atoms with E-state index in [1.165, 1.54) is 5.19 Å². The lowest BCUT2D eigenvalue weighted by atomic mass is 10.4. The predicted octanol–water partition coefficient (Wildman–Crippen LogP) is 3.42. The molecular weight excluding hydrogens is 268 g/mol. The Balaban J connectivity index is 2.43. The van der Waals surface area contributed by atoms with E-state index in [1.54, 1.807) is 6.92 Å². The van der Waals surface area contributed by atoms with Crippen molar-refractivity contribution in [1.29, 1.82) is 0 Å². The summed E-state index contributed by atoms with van der Waals surface area (Å²) in [5.41, 5.74) is 5.37. The van der Waals surface area contributed by atoms with Crippen molar-refractivity contribution in [2.45, 2.75) is 26.4 Å². The molecule has 108 valence electrons. The molecule has 0 saturated heterocycles. The molecule has 0 aliphatic rings. The molecule has 1 rings (SSSR count). The maximum atomic E-state index is 10.9. The van der Waals surface area contributed by atoms with E-state index >= 15 is 0 Å². The summed E-state index contributed by atoms with van der Waals surface area (Å²) >= 11 is 0. The van der Waals surface area contributed by atoms with E-state index in [-0.39, 0.29) is 0 Å². The second kappa shape index (κ2) is 8.41. The number of carbonyl (C=O) groups is 1. The number of carbonyl (C=O) groups excluding carboxylic acids is 1. The monoisotopic (exact) mass is 290 g/mol. The smallest absolute Gasteiger partial charge is 0.435 e.